The molecule has 1 heterocycles. The molecule has 112 valence electrons. The van der Waals surface area contributed by atoms with Crippen LogP contribution in [0.4, 0.5) is 4.39 Å². The van der Waals surface area contributed by atoms with Gasteiger partial charge in [-0.3, -0.25) is 0 Å². The Morgan fingerprint density at radius 2 is 2.10 bits per heavy atom. The third kappa shape index (κ3) is 2.94. The Morgan fingerprint density at radius 1 is 1.33 bits per heavy atom. The zero-order chi connectivity index (χ0) is 14.8. The summed E-state index contributed by atoms with van der Waals surface area (Å²) < 4.78 is 14.8. The molecule has 5 heteroatoms. The van der Waals surface area contributed by atoms with Gasteiger partial charge in [-0.15, -0.1) is 11.3 Å². The largest absolute Gasteiger partial charge is 0.477 e. The third-order valence-corrected chi connectivity index (χ3v) is 5.32. The number of rotatable bonds is 4. The molecule has 1 aliphatic carbocycles. The molecular formula is C16H18FNO2S. The first kappa shape index (κ1) is 14.5. The molecule has 0 amide bonds. The summed E-state index contributed by atoms with van der Waals surface area (Å²) in [7, 11) is 0. The van der Waals surface area contributed by atoms with Crippen molar-refractivity contribution < 1.29 is 14.3 Å². The van der Waals surface area contributed by atoms with Crippen LogP contribution < -0.4 is 5.32 Å². The number of carbonyl (C=O) groups is 1. The zero-order valence-corrected chi connectivity index (χ0v) is 12.5. The van der Waals surface area contributed by atoms with Crippen LogP contribution in [0.1, 0.15) is 47.3 Å². The van der Waals surface area contributed by atoms with E-state index in [4.69, 9.17) is 0 Å². The monoisotopic (exact) mass is 307 g/mol. The Kier molecular flexibility index (Phi) is 4.22. The predicted octanol–water partition coefficient (Wildman–Crippen LogP) is 4.16. The van der Waals surface area contributed by atoms with E-state index in [1.165, 1.54) is 25.3 Å². The van der Waals surface area contributed by atoms with E-state index in [1.807, 2.05) is 0 Å². The van der Waals surface area contributed by atoms with Crippen molar-refractivity contribution in [3.8, 4) is 0 Å². The SMILES string of the molecule is O=C(O)c1sc2cccc(F)c2c1CNC1CCCCC1. The summed E-state index contributed by atoms with van der Waals surface area (Å²) in [6.45, 7) is 0.424. The van der Waals surface area contributed by atoms with Crippen LogP contribution in [0.5, 0.6) is 0 Å². The van der Waals surface area contributed by atoms with E-state index in [-0.39, 0.29) is 10.7 Å². The highest BCUT2D eigenvalue weighted by Crippen LogP contribution is 2.33. The van der Waals surface area contributed by atoms with Gasteiger partial charge in [0.15, 0.2) is 0 Å². The molecule has 1 aromatic carbocycles. The van der Waals surface area contributed by atoms with Crippen LogP contribution in [0, 0.1) is 5.82 Å². The molecule has 1 aromatic heterocycles. The summed E-state index contributed by atoms with van der Waals surface area (Å²) in [5.41, 5.74) is 0.589. The number of nitrogens with one attached hydrogen (secondary N) is 1. The highest BCUT2D eigenvalue weighted by molar-refractivity contribution is 7.21. The van der Waals surface area contributed by atoms with Crippen molar-refractivity contribution in [1.29, 1.82) is 0 Å². The van der Waals surface area contributed by atoms with Gasteiger partial charge in [0.2, 0.25) is 0 Å². The molecule has 0 saturated heterocycles. The van der Waals surface area contributed by atoms with E-state index >= 15 is 0 Å². The van der Waals surface area contributed by atoms with Crippen molar-refractivity contribution in [2.45, 2.75) is 44.7 Å². The van der Waals surface area contributed by atoms with E-state index in [2.05, 4.69) is 5.32 Å². The maximum absolute atomic E-state index is 14.1. The Balaban J connectivity index is 1.91. The normalized spacial score (nSPS) is 16.4. The fraction of sp³-hybridized carbons (Fsp3) is 0.438. The number of carboxylic acid groups (broad SMARTS) is 1. The minimum Gasteiger partial charge on any atom is -0.477 e. The van der Waals surface area contributed by atoms with Crippen molar-refractivity contribution in [3.05, 3.63) is 34.5 Å². The fourth-order valence-electron chi connectivity index (χ4n) is 3.06. The second-order valence-electron chi connectivity index (χ2n) is 5.54. The number of hydrogen-bond acceptors (Lipinski definition) is 3. The van der Waals surface area contributed by atoms with Gasteiger partial charge < -0.3 is 10.4 Å². The van der Waals surface area contributed by atoms with Crippen LogP contribution in [0.15, 0.2) is 18.2 Å². The molecule has 0 bridgehead atoms. The average molecular weight is 307 g/mol. The molecule has 1 saturated carbocycles. The molecule has 21 heavy (non-hydrogen) atoms. The second kappa shape index (κ2) is 6.12. The van der Waals surface area contributed by atoms with Crippen LogP contribution in [0.2, 0.25) is 0 Å². The van der Waals surface area contributed by atoms with Crippen molar-refractivity contribution in [1.82, 2.24) is 5.32 Å². The smallest absolute Gasteiger partial charge is 0.346 e. The summed E-state index contributed by atoms with van der Waals surface area (Å²) in [6, 6.07) is 5.21. The summed E-state index contributed by atoms with van der Waals surface area (Å²) in [4.78, 5) is 11.7. The Hall–Kier alpha value is -1.46. The minimum atomic E-state index is -0.976. The average Bonchev–Trinajstić information content (AvgIpc) is 2.86. The highest BCUT2D eigenvalue weighted by atomic mass is 32.1. The first-order valence-corrected chi connectivity index (χ1v) is 8.15. The molecular weight excluding hydrogens is 289 g/mol. The molecule has 2 aromatic rings. The van der Waals surface area contributed by atoms with E-state index < -0.39 is 5.97 Å². The van der Waals surface area contributed by atoms with Gasteiger partial charge in [-0.25, -0.2) is 9.18 Å². The molecule has 0 spiro atoms. The van der Waals surface area contributed by atoms with Gasteiger partial charge in [0, 0.05) is 28.2 Å². The van der Waals surface area contributed by atoms with Crippen molar-refractivity contribution in [3.63, 3.8) is 0 Å². The minimum absolute atomic E-state index is 0.249. The molecule has 0 radical (unpaired) electrons. The van der Waals surface area contributed by atoms with Gasteiger partial charge >= 0.3 is 5.97 Å². The molecule has 3 nitrogen and oxygen atoms in total. The quantitative estimate of drug-likeness (QED) is 0.891. The predicted molar refractivity (Wildman–Crippen MR) is 82.5 cm³/mol. The number of aromatic carboxylic acids is 1. The van der Waals surface area contributed by atoms with E-state index in [0.29, 0.717) is 28.2 Å². The van der Waals surface area contributed by atoms with Crippen molar-refractivity contribution in [2.24, 2.45) is 0 Å². The first-order chi connectivity index (χ1) is 10.2. The van der Waals surface area contributed by atoms with Crippen molar-refractivity contribution >= 4 is 27.4 Å². The van der Waals surface area contributed by atoms with Gasteiger partial charge in [0.25, 0.3) is 0 Å². The standard InChI is InChI=1S/C16H18FNO2S/c17-12-7-4-8-13-14(12)11(15(21-13)16(19)20)9-18-10-5-2-1-3-6-10/h4,7-8,10,18H,1-3,5-6,9H2,(H,19,20). The summed E-state index contributed by atoms with van der Waals surface area (Å²) in [5, 5.41) is 13.2. The topological polar surface area (TPSA) is 49.3 Å². The lowest BCUT2D eigenvalue weighted by Crippen LogP contribution is -2.30. The molecule has 0 aliphatic heterocycles. The summed E-state index contributed by atoms with van der Waals surface area (Å²) in [5.74, 6) is -1.31. The highest BCUT2D eigenvalue weighted by Gasteiger charge is 2.21. The fourth-order valence-corrected chi connectivity index (χ4v) is 4.14. The van der Waals surface area contributed by atoms with Crippen LogP contribution >= 0.6 is 11.3 Å². The lowest BCUT2D eigenvalue weighted by atomic mass is 9.95. The lowest BCUT2D eigenvalue weighted by Gasteiger charge is -2.23. The number of hydrogen-bond donors (Lipinski definition) is 2. The third-order valence-electron chi connectivity index (χ3n) is 4.13. The van der Waals surface area contributed by atoms with Gasteiger partial charge in [0.05, 0.1) is 0 Å². The molecule has 0 atom stereocenters. The van der Waals surface area contributed by atoms with E-state index in [1.54, 1.807) is 12.1 Å². The first-order valence-electron chi connectivity index (χ1n) is 7.33. The van der Waals surface area contributed by atoms with Gasteiger partial charge in [-0.2, -0.15) is 0 Å². The number of fused-ring (bicyclic) bond motifs is 1. The molecule has 0 unspecified atom stereocenters. The van der Waals surface area contributed by atoms with Crippen LogP contribution in [0.25, 0.3) is 10.1 Å². The summed E-state index contributed by atoms with van der Waals surface area (Å²) >= 11 is 1.15. The molecule has 3 rings (SSSR count). The van der Waals surface area contributed by atoms with Crippen molar-refractivity contribution in [2.75, 3.05) is 0 Å². The number of halogens is 1. The number of benzene rings is 1. The van der Waals surface area contributed by atoms with Crippen LogP contribution in [0.3, 0.4) is 0 Å². The lowest BCUT2D eigenvalue weighted by molar-refractivity contribution is 0.0701. The number of thiophene rings is 1. The van der Waals surface area contributed by atoms with E-state index in [9.17, 15) is 14.3 Å². The zero-order valence-electron chi connectivity index (χ0n) is 11.7. The summed E-state index contributed by atoms with van der Waals surface area (Å²) in [6.07, 6.45) is 5.93. The van der Waals surface area contributed by atoms with Gasteiger partial charge in [-0.1, -0.05) is 25.3 Å². The second-order valence-corrected chi connectivity index (χ2v) is 6.60. The maximum atomic E-state index is 14.1. The Bertz CT molecular complexity index is 662. The van der Waals surface area contributed by atoms with Gasteiger partial charge in [0.1, 0.15) is 10.7 Å². The number of carboxylic acids is 1. The molecule has 1 fully saturated rings. The van der Waals surface area contributed by atoms with Crippen LogP contribution in [-0.4, -0.2) is 17.1 Å². The Labute approximate surface area is 126 Å². The van der Waals surface area contributed by atoms with Gasteiger partial charge in [-0.05, 0) is 25.0 Å². The van der Waals surface area contributed by atoms with E-state index in [0.717, 1.165) is 24.2 Å². The molecule has 1 aliphatic rings. The maximum Gasteiger partial charge on any atom is 0.346 e. The van der Waals surface area contributed by atoms with Crippen LogP contribution in [-0.2, 0) is 6.54 Å². The Morgan fingerprint density at radius 3 is 2.81 bits per heavy atom. The molecule has 2 N–H and O–H groups in total.